The Hall–Kier alpha value is -1.72. The topological polar surface area (TPSA) is 69.5 Å². The lowest BCUT2D eigenvalue weighted by Gasteiger charge is -2.14. The molecule has 2 atom stereocenters. The molecule has 5 heteroatoms. The van der Waals surface area contributed by atoms with Crippen molar-refractivity contribution in [3.63, 3.8) is 0 Å². The van der Waals surface area contributed by atoms with Crippen LogP contribution in [0.2, 0.25) is 0 Å². The van der Waals surface area contributed by atoms with Crippen molar-refractivity contribution in [1.29, 1.82) is 0 Å². The Morgan fingerprint density at radius 1 is 1.12 bits per heavy atom. The first-order chi connectivity index (χ1) is 8.24. The molecule has 88 valence electrons. The summed E-state index contributed by atoms with van der Waals surface area (Å²) in [6, 6.07) is 7.73. The molecule has 0 saturated carbocycles. The summed E-state index contributed by atoms with van der Waals surface area (Å²) < 4.78 is 0. The fraction of sp³-hybridized carbons (Fsp3) is 0.333. The van der Waals surface area contributed by atoms with Crippen molar-refractivity contribution in [2.24, 2.45) is 0 Å². The summed E-state index contributed by atoms with van der Waals surface area (Å²) in [4.78, 5) is 10.5. The second-order valence-electron chi connectivity index (χ2n) is 4.27. The van der Waals surface area contributed by atoms with Gasteiger partial charge in [-0.15, -0.1) is 0 Å². The van der Waals surface area contributed by atoms with Gasteiger partial charge in [-0.25, -0.2) is 9.97 Å². The Morgan fingerprint density at radius 2 is 1.82 bits per heavy atom. The highest BCUT2D eigenvalue weighted by Gasteiger charge is 2.30. The molecule has 1 saturated heterocycles. The average molecular weight is 231 g/mol. The molecule has 2 heterocycles. The fourth-order valence-corrected chi connectivity index (χ4v) is 2.05. The highest BCUT2D eigenvalue weighted by atomic mass is 16.3. The molecule has 1 aromatic heterocycles. The van der Waals surface area contributed by atoms with Gasteiger partial charge in [0.1, 0.15) is 0 Å². The van der Waals surface area contributed by atoms with Gasteiger partial charge in [0.2, 0.25) is 5.95 Å². The van der Waals surface area contributed by atoms with E-state index in [1.165, 1.54) is 0 Å². The smallest absolute Gasteiger partial charge is 0.226 e. The van der Waals surface area contributed by atoms with Crippen LogP contribution < -0.4 is 4.90 Å². The van der Waals surface area contributed by atoms with Crippen LogP contribution >= 0.6 is 0 Å². The predicted molar refractivity (Wildman–Crippen MR) is 63.8 cm³/mol. The highest BCUT2D eigenvalue weighted by Crippen LogP contribution is 2.19. The van der Waals surface area contributed by atoms with E-state index in [0.717, 1.165) is 10.9 Å². The largest absolute Gasteiger partial charge is 0.388 e. The minimum atomic E-state index is -0.718. The van der Waals surface area contributed by atoms with E-state index in [0.29, 0.717) is 19.0 Å². The second kappa shape index (κ2) is 3.94. The summed E-state index contributed by atoms with van der Waals surface area (Å²) in [5, 5.41) is 20.0. The minimum Gasteiger partial charge on any atom is -0.388 e. The molecular formula is C12H13N3O2. The Morgan fingerprint density at radius 3 is 2.59 bits per heavy atom. The van der Waals surface area contributed by atoms with Gasteiger partial charge in [-0.05, 0) is 6.07 Å². The average Bonchev–Trinajstić information content (AvgIpc) is 2.69. The van der Waals surface area contributed by atoms with Gasteiger partial charge >= 0.3 is 0 Å². The third kappa shape index (κ3) is 1.83. The summed E-state index contributed by atoms with van der Waals surface area (Å²) in [6.07, 6.45) is 0.324. The molecule has 0 aliphatic carbocycles. The van der Waals surface area contributed by atoms with Crippen LogP contribution in [0.4, 0.5) is 5.95 Å². The van der Waals surface area contributed by atoms with Gasteiger partial charge < -0.3 is 15.1 Å². The molecule has 0 amide bonds. The van der Waals surface area contributed by atoms with Crippen LogP contribution in [0, 0.1) is 0 Å². The van der Waals surface area contributed by atoms with Crippen LogP contribution in [0.3, 0.4) is 0 Å². The molecule has 0 spiro atoms. The maximum absolute atomic E-state index is 9.50. The number of aliphatic hydroxyl groups excluding tert-OH is 2. The zero-order chi connectivity index (χ0) is 11.8. The molecule has 0 bridgehead atoms. The van der Waals surface area contributed by atoms with Gasteiger partial charge in [0.05, 0.1) is 17.7 Å². The molecule has 1 aliphatic heterocycles. The van der Waals surface area contributed by atoms with E-state index >= 15 is 0 Å². The van der Waals surface area contributed by atoms with Gasteiger partial charge in [-0.3, -0.25) is 0 Å². The minimum absolute atomic E-state index is 0.375. The van der Waals surface area contributed by atoms with Crippen LogP contribution in [0.15, 0.2) is 30.5 Å². The number of anilines is 1. The number of benzene rings is 1. The summed E-state index contributed by atoms with van der Waals surface area (Å²) >= 11 is 0. The maximum Gasteiger partial charge on any atom is 0.226 e. The first-order valence-electron chi connectivity index (χ1n) is 5.57. The Kier molecular flexibility index (Phi) is 2.42. The standard InChI is InChI=1S/C12H13N3O2/c16-10-6-15(7-11(10)17)12-13-5-8-3-1-2-4-9(8)14-12/h1-5,10-11,16-17H,6-7H2. The number of rotatable bonds is 1. The molecular weight excluding hydrogens is 218 g/mol. The first kappa shape index (κ1) is 10.4. The SMILES string of the molecule is OC1CN(c2ncc3ccccc3n2)CC1O. The first-order valence-corrected chi connectivity index (χ1v) is 5.57. The maximum atomic E-state index is 9.50. The van der Waals surface area contributed by atoms with E-state index in [1.807, 2.05) is 24.3 Å². The quantitative estimate of drug-likeness (QED) is 0.732. The zero-order valence-electron chi connectivity index (χ0n) is 9.19. The van der Waals surface area contributed by atoms with Crippen molar-refractivity contribution in [3.05, 3.63) is 30.5 Å². The van der Waals surface area contributed by atoms with Gasteiger partial charge in [0.25, 0.3) is 0 Å². The van der Waals surface area contributed by atoms with Gasteiger partial charge in [0.15, 0.2) is 0 Å². The van der Waals surface area contributed by atoms with Crippen molar-refractivity contribution in [1.82, 2.24) is 9.97 Å². The third-order valence-corrected chi connectivity index (χ3v) is 3.02. The zero-order valence-corrected chi connectivity index (χ0v) is 9.19. The van der Waals surface area contributed by atoms with E-state index in [9.17, 15) is 10.2 Å². The molecule has 1 aromatic carbocycles. The lowest BCUT2D eigenvalue weighted by Crippen LogP contribution is -2.23. The highest BCUT2D eigenvalue weighted by molar-refractivity contribution is 5.78. The number of nitrogens with zero attached hydrogens (tertiary/aromatic N) is 3. The third-order valence-electron chi connectivity index (χ3n) is 3.02. The van der Waals surface area contributed by atoms with Crippen molar-refractivity contribution < 1.29 is 10.2 Å². The van der Waals surface area contributed by atoms with Crippen LogP contribution in [0.25, 0.3) is 10.9 Å². The molecule has 1 fully saturated rings. The van der Waals surface area contributed by atoms with Crippen molar-refractivity contribution in [2.45, 2.75) is 12.2 Å². The van der Waals surface area contributed by atoms with Crippen LogP contribution in [0.1, 0.15) is 0 Å². The van der Waals surface area contributed by atoms with Crippen LogP contribution in [-0.2, 0) is 0 Å². The van der Waals surface area contributed by atoms with Crippen LogP contribution in [-0.4, -0.2) is 45.5 Å². The molecule has 1 aliphatic rings. The number of fused-ring (bicyclic) bond motifs is 1. The monoisotopic (exact) mass is 231 g/mol. The number of hydrogen-bond donors (Lipinski definition) is 2. The Bertz CT molecular complexity index is 536. The molecule has 2 aromatic rings. The van der Waals surface area contributed by atoms with Gasteiger partial charge in [-0.1, -0.05) is 18.2 Å². The van der Waals surface area contributed by atoms with Crippen molar-refractivity contribution >= 4 is 16.9 Å². The molecule has 17 heavy (non-hydrogen) atoms. The lowest BCUT2D eigenvalue weighted by molar-refractivity contribution is 0.0572. The Labute approximate surface area is 98.4 Å². The number of hydrogen-bond acceptors (Lipinski definition) is 5. The second-order valence-corrected chi connectivity index (χ2v) is 4.27. The molecule has 2 unspecified atom stereocenters. The normalized spacial score (nSPS) is 24.5. The summed E-state index contributed by atoms with van der Waals surface area (Å²) in [5.41, 5.74) is 0.869. The van der Waals surface area contributed by atoms with Gasteiger partial charge in [-0.2, -0.15) is 0 Å². The van der Waals surface area contributed by atoms with Gasteiger partial charge in [0, 0.05) is 24.7 Å². The van der Waals surface area contributed by atoms with Crippen molar-refractivity contribution in [2.75, 3.05) is 18.0 Å². The number of β-amino-alcohol motifs (C(OH)–C–C–N with tert-alkyl or cyclic N) is 2. The summed E-state index contributed by atoms with van der Waals surface area (Å²) in [6.45, 7) is 0.749. The molecule has 0 radical (unpaired) electrons. The van der Waals surface area contributed by atoms with E-state index in [1.54, 1.807) is 11.1 Å². The van der Waals surface area contributed by atoms with E-state index in [4.69, 9.17) is 0 Å². The lowest BCUT2D eigenvalue weighted by atomic mass is 10.2. The Balaban J connectivity index is 1.96. The number of aromatic nitrogens is 2. The molecule has 5 nitrogen and oxygen atoms in total. The van der Waals surface area contributed by atoms with E-state index in [-0.39, 0.29) is 0 Å². The summed E-state index contributed by atoms with van der Waals surface area (Å²) in [7, 11) is 0. The number of aliphatic hydroxyl groups is 2. The van der Waals surface area contributed by atoms with E-state index in [2.05, 4.69) is 9.97 Å². The summed E-state index contributed by atoms with van der Waals surface area (Å²) in [5.74, 6) is 0.555. The molecule has 2 N–H and O–H groups in total. The fourth-order valence-electron chi connectivity index (χ4n) is 2.05. The van der Waals surface area contributed by atoms with Crippen molar-refractivity contribution in [3.8, 4) is 0 Å². The molecule has 3 rings (SSSR count). The predicted octanol–water partition coefficient (Wildman–Crippen LogP) is 0.172. The van der Waals surface area contributed by atoms with E-state index < -0.39 is 12.2 Å². The number of para-hydroxylation sites is 1. The van der Waals surface area contributed by atoms with Crippen LogP contribution in [0.5, 0.6) is 0 Å².